The van der Waals surface area contributed by atoms with E-state index >= 15 is 0 Å². The summed E-state index contributed by atoms with van der Waals surface area (Å²) >= 11 is 3.48. The van der Waals surface area contributed by atoms with E-state index in [0.29, 0.717) is 12.6 Å². The van der Waals surface area contributed by atoms with Crippen LogP contribution >= 0.6 is 15.9 Å². The van der Waals surface area contributed by atoms with Gasteiger partial charge in [-0.05, 0) is 47.1 Å². The van der Waals surface area contributed by atoms with Gasteiger partial charge in [-0.3, -0.25) is 0 Å². The van der Waals surface area contributed by atoms with Crippen LogP contribution in [-0.2, 0) is 11.2 Å². The Labute approximate surface area is 105 Å². The maximum absolute atomic E-state index is 5.19. The van der Waals surface area contributed by atoms with Crippen LogP contribution in [-0.4, -0.2) is 33.9 Å². The van der Waals surface area contributed by atoms with Crippen molar-refractivity contribution in [1.82, 2.24) is 5.32 Å². The highest BCUT2D eigenvalue weighted by atomic mass is 79.9. The number of likely N-dealkylation sites (N-methyl/N-ethyl adjacent to an activating group) is 1. The van der Waals surface area contributed by atoms with Crippen molar-refractivity contribution >= 4 is 15.9 Å². The standard InChI is InChI=1S/C12H18BrNO2/c1-14-10(8-15-2)6-9-4-5-12(16-3)11(13)7-9/h4-5,7,10,14H,6,8H2,1-3H3. The molecule has 1 rings (SSSR count). The highest BCUT2D eigenvalue weighted by Gasteiger charge is 2.08. The van der Waals surface area contributed by atoms with Crippen LogP contribution < -0.4 is 10.1 Å². The first-order valence-corrected chi connectivity index (χ1v) is 5.99. The van der Waals surface area contributed by atoms with Gasteiger partial charge in [-0.25, -0.2) is 0 Å². The van der Waals surface area contributed by atoms with E-state index in [9.17, 15) is 0 Å². The van der Waals surface area contributed by atoms with E-state index in [1.807, 2.05) is 13.1 Å². The topological polar surface area (TPSA) is 30.5 Å². The average molecular weight is 288 g/mol. The summed E-state index contributed by atoms with van der Waals surface area (Å²) in [6.45, 7) is 0.708. The van der Waals surface area contributed by atoms with E-state index in [1.54, 1.807) is 14.2 Å². The van der Waals surface area contributed by atoms with Gasteiger partial charge in [0.15, 0.2) is 0 Å². The lowest BCUT2D eigenvalue weighted by Crippen LogP contribution is -2.32. The number of ether oxygens (including phenoxy) is 2. The molecule has 16 heavy (non-hydrogen) atoms. The van der Waals surface area contributed by atoms with E-state index in [-0.39, 0.29) is 0 Å². The van der Waals surface area contributed by atoms with E-state index in [1.165, 1.54) is 5.56 Å². The Morgan fingerprint density at radius 1 is 1.38 bits per heavy atom. The second kappa shape index (κ2) is 6.89. The second-order valence-electron chi connectivity index (χ2n) is 3.61. The van der Waals surface area contributed by atoms with Gasteiger partial charge in [-0.15, -0.1) is 0 Å². The molecule has 0 aliphatic rings. The first-order chi connectivity index (χ1) is 7.71. The van der Waals surface area contributed by atoms with Gasteiger partial charge in [-0.1, -0.05) is 6.07 Å². The molecule has 0 radical (unpaired) electrons. The molecule has 0 aliphatic carbocycles. The molecular weight excluding hydrogens is 270 g/mol. The third-order valence-corrected chi connectivity index (χ3v) is 3.09. The van der Waals surface area contributed by atoms with Gasteiger partial charge in [0.2, 0.25) is 0 Å². The van der Waals surface area contributed by atoms with Crippen molar-refractivity contribution in [2.75, 3.05) is 27.9 Å². The molecule has 0 heterocycles. The van der Waals surface area contributed by atoms with Gasteiger partial charge in [0, 0.05) is 13.2 Å². The summed E-state index contributed by atoms with van der Waals surface area (Å²) in [4.78, 5) is 0. The molecule has 0 spiro atoms. The molecule has 0 fully saturated rings. The lowest BCUT2D eigenvalue weighted by Gasteiger charge is -2.15. The molecule has 0 bridgehead atoms. The Kier molecular flexibility index (Phi) is 5.80. The number of hydrogen-bond donors (Lipinski definition) is 1. The highest BCUT2D eigenvalue weighted by molar-refractivity contribution is 9.10. The van der Waals surface area contributed by atoms with Gasteiger partial charge in [0.05, 0.1) is 18.2 Å². The van der Waals surface area contributed by atoms with E-state index < -0.39 is 0 Å². The number of nitrogens with one attached hydrogen (secondary N) is 1. The zero-order valence-electron chi connectivity index (χ0n) is 9.92. The first kappa shape index (κ1) is 13.5. The zero-order valence-corrected chi connectivity index (χ0v) is 11.5. The van der Waals surface area contributed by atoms with Crippen LogP contribution in [0, 0.1) is 0 Å². The summed E-state index contributed by atoms with van der Waals surface area (Å²) < 4.78 is 11.3. The van der Waals surface area contributed by atoms with Crippen molar-refractivity contribution in [3.63, 3.8) is 0 Å². The number of rotatable bonds is 6. The number of methoxy groups -OCH3 is 2. The van der Waals surface area contributed by atoms with Crippen molar-refractivity contribution in [3.05, 3.63) is 28.2 Å². The van der Waals surface area contributed by atoms with Gasteiger partial charge in [0.1, 0.15) is 5.75 Å². The number of hydrogen-bond acceptors (Lipinski definition) is 3. The third kappa shape index (κ3) is 3.77. The van der Waals surface area contributed by atoms with Crippen LogP contribution in [0.3, 0.4) is 0 Å². The summed E-state index contributed by atoms with van der Waals surface area (Å²) in [7, 11) is 5.33. The summed E-state index contributed by atoms with van der Waals surface area (Å²) in [6.07, 6.45) is 0.937. The van der Waals surface area contributed by atoms with Crippen LogP contribution in [0.5, 0.6) is 5.75 Å². The van der Waals surface area contributed by atoms with Crippen LogP contribution in [0.25, 0.3) is 0 Å². The zero-order chi connectivity index (χ0) is 12.0. The molecule has 0 saturated heterocycles. The molecule has 0 aliphatic heterocycles. The van der Waals surface area contributed by atoms with Crippen LogP contribution in [0.1, 0.15) is 5.56 Å². The summed E-state index contributed by atoms with van der Waals surface area (Å²) in [5.41, 5.74) is 1.25. The van der Waals surface area contributed by atoms with Gasteiger partial charge in [0.25, 0.3) is 0 Å². The quantitative estimate of drug-likeness (QED) is 0.871. The van der Waals surface area contributed by atoms with Gasteiger partial charge >= 0.3 is 0 Å². The van der Waals surface area contributed by atoms with Crippen LogP contribution in [0.2, 0.25) is 0 Å². The normalized spacial score (nSPS) is 12.5. The largest absolute Gasteiger partial charge is 0.496 e. The lowest BCUT2D eigenvalue weighted by molar-refractivity contribution is 0.169. The summed E-state index contributed by atoms with van der Waals surface area (Å²) in [5, 5.41) is 3.23. The highest BCUT2D eigenvalue weighted by Crippen LogP contribution is 2.25. The van der Waals surface area contributed by atoms with Gasteiger partial charge < -0.3 is 14.8 Å². The fraction of sp³-hybridized carbons (Fsp3) is 0.500. The smallest absolute Gasteiger partial charge is 0.133 e. The van der Waals surface area contributed by atoms with Crippen molar-refractivity contribution in [3.8, 4) is 5.75 Å². The first-order valence-electron chi connectivity index (χ1n) is 5.20. The van der Waals surface area contributed by atoms with Crippen molar-refractivity contribution < 1.29 is 9.47 Å². The number of benzene rings is 1. The van der Waals surface area contributed by atoms with Crippen molar-refractivity contribution in [2.24, 2.45) is 0 Å². The minimum absolute atomic E-state index is 0.338. The molecule has 1 atom stereocenters. The average Bonchev–Trinajstić information content (AvgIpc) is 2.28. The summed E-state index contributed by atoms with van der Waals surface area (Å²) in [6, 6.07) is 6.46. The number of halogens is 1. The van der Waals surface area contributed by atoms with Gasteiger partial charge in [-0.2, -0.15) is 0 Å². The summed E-state index contributed by atoms with van der Waals surface area (Å²) in [5.74, 6) is 0.858. The minimum atomic E-state index is 0.338. The Morgan fingerprint density at radius 3 is 2.62 bits per heavy atom. The molecule has 90 valence electrons. The molecule has 0 amide bonds. The van der Waals surface area contributed by atoms with E-state index in [4.69, 9.17) is 9.47 Å². The van der Waals surface area contributed by atoms with E-state index in [2.05, 4.69) is 33.4 Å². The fourth-order valence-corrected chi connectivity index (χ4v) is 2.15. The molecule has 4 heteroatoms. The molecule has 1 unspecified atom stereocenters. The second-order valence-corrected chi connectivity index (χ2v) is 4.47. The van der Waals surface area contributed by atoms with Crippen LogP contribution in [0.4, 0.5) is 0 Å². The van der Waals surface area contributed by atoms with Crippen molar-refractivity contribution in [1.29, 1.82) is 0 Å². The monoisotopic (exact) mass is 287 g/mol. The molecule has 1 aromatic rings. The maximum Gasteiger partial charge on any atom is 0.133 e. The van der Waals surface area contributed by atoms with E-state index in [0.717, 1.165) is 16.6 Å². The lowest BCUT2D eigenvalue weighted by atomic mass is 10.1. The fourth-order valence-electron chi connectivity index (χ4n) is 1.57. The predicted molar refractivity (Wildman–Crippen MR) is 69.1 cm³/mol. The molecule has 3 nitrogen and oxygen atoms in total. The Balaban J connectivity index is 2.69. The predicted octanol–water partition coefficient (Wildman–Crippen LogP) is 2.23. The molecule has 1 aromatic carbocycles. The van der Waals surface area contributed by atoms with Crippen LogP contribution in [0.15, 0.2) is 22.7 Å². The Bertz CT molecular complexity index is 331. The molecule has 0 saturated carbocycles. The molecular formula is C12H18BrNO2. The van der Waals surface area contributed by atoms with Crippen molar-refractivity contribution in [2.45, 2.75) is 12.5 Å². The maximum atomic E-state index is 5.19. The molecule has 1 N–H and O–H groups in total. The SMILES string of the molecule is CNC(COC)Cc1ccc(OC)c(Br)c1. The molecule has 0 aromatic heterocycles. The minimum Gasteiger partial charge on any atom is -0.496 e. The third-order valence-electron chi connectivity index (χ3n) is 2.47. The Hall–Kier alpha value is -0.580. The Morgan fingerprint density at radius 2 is 2.12 bits per heavy atom.